The van der Waals surface area contributed by atoms with Gasteiger partial charge in [0.05, 0.1) is 7.11 Å². The van der Waals surface area contributed by atoms with Gasteiger partial charge < -0.3 is 14.8 Å². The van der Waals surface area contributed by atoms with Crippen LogP contribution >= 0.6 is 11.3 Å². The molecule has 1 aromatic heterocycles. The molecule has 3 rings (SSSR count). The normalized spacial score (nSPS) is 17.3. The molecule has 6 heteroatoms. The van der Waals surface area contributed by atoms with E-state index in [9.17, 15) is 4.79 Å². The number of thiophene rings is 1. The van der Waals surface area contributed by atoms with Crippen molar-refractivity contribution in [2.45, 2.75) is 32.5 Å². The van der Waals surface area contributed by atoms with Crippen LogP contribution in [0.4, 0.5) is 0 Å². The van der Waals surface area contributed by atoms with Crippen LogP contribution in [0.2, 0.25) is 0 Å². The van der Waals surface area contributed by atoms with Crippen molar-refractivity contribution in [3.8, 4) is 11.5 Å². The molecule has 2 heterocycles. The molecule has 134 valence electrons. The summed E-state index contributed by atoms with van der Waals surface area (Å²) in [6.07, 6.45) is 0.560. The highest BCUT2D eigenvalue weighted by Crippen LogP contribution is 2.29. The minimum Gasteiger partial charge on any atom is -0.497 e. The quantitative estimate of drug-likeness (QED) is 0.860. The van der Waals surface area contributed by atoms with Gasteiger partial charge in [0.25, 0.3) is 0 Å². The number of methoxy groups -OCH3 is 1. The van der Waals surface area contributed by atoms with Gasteiger partial charge in [-0.25, -0.2) is 0 Å². The van der Waals surface area contributed by atoms with Crippen molar-refractivity contribution in [3.63, 3.8) is 0 Å². The van der Waals surface area contributed by atoms with Crippen molar-refractivity contribution in [2.24, 2.45) is 0 Å². The van der Waals surface area contributed by atoms with E-state index in [0.717, 1.165) is 35.7 Å². The number of rotatable bonds is 6. The van der Waals surface area contributed by atoms with E-state index < -0.39 is 0 Å². The number of amides is 1. The molecule has 0 spiro atoms. The lowest BCUT2D eigenvalue weighted by atomic mass is 10.1. The number of hydrogen-bond donors (Lipinski definition) is 1. The van der Waals surface area contributed by atoms with Gasteiger partial charge >= 0.3 is 0 Å². The number of fused-ring (bicyclic) bond motifs is 1. The molecular weight excluding hydrogens is 336 g/mol. The van der Waals surface area contributed by atoms with Crippen molar-refractivity contribution >= 4 is 17.2 Å². The van der Waals surface area contributed by atoms with Crippen LogP contribution in [0.3, 0.4) is 0 Å². The molecule has 0 bridgehead atoms. The fraction of sp³-hybridized carbons (Fsp3) is 0.421. The summed E-state index contributed by atoms with van der Waals surface area (Å²) in [7, 11) is 1.66. The molecule has 1 aliphatic rings. The lowest BCUT2D eigenvalue weighted by molar-refractivity contribution is -0.121. The number of benzene rings is 1. The summed E-state index contributed by atoms with van der Waals surface area (Å²) in [5.74, 6) is 1.75. The first kappa shape index (κ1) is 17.8. The van der Waals surface area contributed by atoms with Gasteiger partial charge in [0.15, 0.2) is 0 Å². The van der Waals surface area contributed by atoms with Gasteiger partial charge in [-0.1, -0.05) is 6.07 Å². The van der Waals surface area contributed by atoms with Crippen LogP contribution in [-0.2, 0) is 17.9 Å². The van der Waals surface area contributed by atoms with Gasteiger partial charge in [0.1, 0.15) is 17.6 Å². The molecular formula is C19H24N2O3S. The van der Waals surface area contributed by atoms with E-state index in [4.69, 9.17) is 9.47 Å². The zero-order valence-corrected chi connectivity index (χ0v) is 15.5. The van der Waals surface area contributed by atoms with Crippen LogP contribution < -0.4 is 14.8 Å². The van der Waals surface area contributed by atoms with E-state index in [-0.39, 0.29) is 12.0 Å². The number of hydrogen-bond acceptors (Lipinski definition) is 5. The molecule has 0 fully saturated rings. The Morgan fingerprint density at radius 2 is 2.32 bits per heavy atom. The van der Waals surface area contributed by atoms with Crippen molar-refractivity contribution in [1.82, 2.24) is 10.2 Å². The topological polar surface area (TPSA) is 50.8 Å². The molecule has 25 heavy (non-hydrogen) atoms. The third-order valence-corrected chi connectivity index (χ3v) is 4.97. The van der Waals surface area contributed by atoms with E-state index in [1.54, 1.807) is 18.4 Å². The second-order valence-corrected chi connectivity index (χ2v) is 7.08. The first-order chi connectivity index (χ1) is 12.1. The third-order valence-electron chi connectivity index (χ3n) is 4.24. The molecule has 0 saturated heterocycles. The van der Waals surface area contributed by atoms with Gasteiger partial charge in [-0.2, -0.15) is 11.3 Å². The largest absolute Gasteiger partial charge is 0.497 e. The Balaban J connectivity index is 1.54. The van der Waals surface area contributed by atoms with Crippen LogP contribution in [-0.4, -0.2) is 37.1 Å². The van der Waals surface area contributed by atoms with Crippen molar-refractivity contribution in [1.29, 1.82) is 0 Å². The summed E-state index contributed by atoms with van der Waals surface area (Å²) in [5, 5.41) is 7.05. The molecule has 1 amide bonds. The fourth-order valence-electron chi connectivity index (χ4n) is 2.94. The van der Waals surface area contributed by atoms with Crippen molar-refractivity contribution in [3.05, 3.63) is 46.2 Å². The maximum atomic E-state index is 12.1. The average Bonchev–Trinajstić information content (AvgIpc) is 3.07. The van der Waals surface area contributed by atoms with Gasteiger partial charge in [-0.05, 0) is 35.4 Å². The highest BCUT2D eigenvalue weighted by atomic mass is 32.1. The number of carbonyl (C=O) groups is 1. The lowest BCUT2D eigenvalue weighted by Gasteiger charge is -2.21. The smallest absolute Gasteiger partial charge is 0.221 e. The Morgan fingerprint density at radius 3 is 3.08 bits per heavy atom. The second kappa shape index (κ2) is 8.36. The average molecular weight is 360 g/mol. The van der Waals surface area contributed by atoms with E-state index in [1.165, 1.54) is 0 Å². The predicted molar refractivity (Wildman–Crippen MR) is 99.1 cm³/mol. The first-order valence-corrected chi connectivity index (χ1v) is 9.42. The van der Waals surface area contributed by atoms with Crippen LogP contribution in [0.1, 0.15) is 24.5 Å². The van der Waals surface area contributed by atoms with Crippen LogP contribution in [0.5, 0.6) is 11.5 Å². The zero-order chi connectivity index (χ0) is 17.6. The molecule has 1 aromatic carbocycles. The van der Waals surface area contributed by atoms with Crippen LogP contribution in [0, 0.1) is 0 Å². The van der Waals surface area contributed by atoms with Crippen LogP contribution in [0.25, 0.3) is 0 Å². The molecule has 1 aliphatic heterocycles. The molecule has 1 N–H and O–H groups in total. The summed E-state index contributed by atoms with van der Waals surface area (Å²) in [5.41, 5.74) is 2.28. The second-order valence-electron chi connectivity index (χ2n) is 6.30. The van der Waals surface area contributed by atoms with E-state index >= 15 is 0 Å². The van der Waals surface area contributed by atoms with E-state index in [1.807, 2.05) is 29.6 Å². The maximum absolute atomic E-state index is 12.1. The standard InChI is InChI=1S/C19H24N2O3S/c1-14-11-21(7-5-19(22)20-10-15-6-8-25-13-15)12-16-3-4-17(23-2)9-18(16)24-14/h3-4,6,8-9,13-14H,5,7,10-12H2,1-2H3,(H,20,22). The minimum absolute atomic E-state index is 0.0715. The Bertz CT molecular complexity index is 703. The third kappa shape index (κ3) is 4.96. The highest BCUT2D eigenvalue weighted by molar-refractivity contribution is 7.07. The first-order valence-electron chi connectivity index (χ1n) is 8.47. The van der Waals surface area contributed by atoms with Crippen LogP contribution in [0.15, 0.2) is 35.0 Å². The number of carbonyl (C=O) groups excluding carboxylic acids is 1. The summed E-state index contributed by atoms with van der Waals surface area (Å²) in [6.45, 7) is 4.95. The monoisotopic (exact) mass is 360 g/mol. The van der Waals surface area contributed by atoms with Gasteiger partial charge in [-0.3, -0.25) is 9.69 Å². The number of nitrogens with one attached hydrogen (secondary N) is 1. The van der Waals surface area contributed by atoms with Crippen molar-refractivity contribution in [2.75, 3.05) is 20.2 Å². The predicted octanol–water partition coefficient (Wildman–Crippen LogP) is 3.05. The fourth-order valence-corrected chi connectivity index (χ4v) is 3.61. The van der Waals surface area contributed by atoms with E-state index in [0.29, 0.717) is 19.5 Å². The number of ether oxygens (including phenoxy) is 2. The molecule has 5 nitrogen and oxygen atoms in total. The molecule has 0 aliphatic carbocycles. The summed E-state index contributed by atoms with van der Waals surface area (Å²) >= 11 is 1.64. The highest BCUT2D eigenvalue weighted by Gasteiger charge is 2.21. The maximum Gasteiger partial charge on any atom is 0.221 e. The Morgan fingerprint density at radius 1 is 1.44 bits per heavy atom. The summed E-state index contributed by atoms with van der Waals surface area (Å²) in [4.78, 5) is 14.4. The molecule has 0 saturated carbocycles. The lowest BCUT2D eigenvalue weighted by Crippen LogP contribution is -2.34. The Kier molecular flexibility index (Phi) is 5.94. The van der Waals surface area contributed by atoms with E-state index in [2.05, 4.69) is 22.5 Å². The van der Waals surface area contributed by atoms with Gasteiger partial charge in [-0.15, -0.1) is 0 Å². The van der Waals surface area contributed by atoms with Crippen molar-refractivity contribution < 1.29 is 14.3 Å². The Hall–Kier alpha value is -2.05. The molecule has 2 aromatic rings. The summed E-state index contributed by atoms with van der Waals surface area (Å²) in [6, 6.07) is 7.95. The molecule has 1 unspecified atom stereocenters. The van der Waals surface area contributed by atoms with Gasteiger partial charge in [0, 0.05) is 44.2 Å². The van der Waals surface area contributed by atoms with Gasteiger partial charge in [0.2, 0.25) is 5.91 Å². The summed E-state index contributed by atoms with van der Waals surface area (Å²) < 4.78 is 11.3. The Labute approximate surface area is 152 Å². The zero-order valence-electron chi connectivity index (χ0n) is 14.7. The molecule has 0 radical (unpaired) electrons. The number of nitrogens with zero attached hydrogens (tertiary/aromatic N) is 1. The minimum atomic E-state index is 0.0715. The molecule has 1 atom stereocenters. The SMILES string of the molecule is COc1ccc2c(c1)OC(C)CN(CCC(=O)NCc1ccsc1)C2.